The highest BCUT2D eigenvalue weighted by Gasteiger charge is 2.33. The molecule has 1 heterocycles. The number of carbonyl (C=O) groups is 1. The van der Waals surface area contributed by atoms with Gasteiger partial charge in [-0.15, -0.1) is 0 Å². The van der Waals surface area contributed by atoms with Crippen LogP contribution in [0.2, 0.25) is 10.0 Å². The third kappa shape index (κ3) is 2.47. The third-order valence-electron chi connectivity index (χ3n) is 3.42. The molecular formula is C17H14Cl2N2O. The zero-order valence-electron chi connectivity index (χ0n) is 12.2. The molecule has 22 heavy (non-hydrogen) atoms. The molecule has 1 aliphatic heterocycles. The van der Waals surface area contributed by atoms with Gasteiger partial charge in [0.2, 0.25) is 0 Å². The van der Waals surface area contributed by atoms with Crippen LogP contribution in [0.1, 0.15) is 5.56 Å². The SMILES string of the molecule is CN(C)C=C1C(=O)N(c2ccc(Cl)c(Cl)c2)c2ccccc21. The number of carbonyl (C=O) groups excluding carboxylic acids is 1. The lowest BCUT2D eigenvalue weighted by molar-refractivity contribution is -0.112. The van der Waals surface area contributed by atoms with Crippen LogP contribution in [0, 0.1) is 0 Å². The first-order valence-electron chi connectivity index (χ1n) is 6.76. The molecule has 0 saturated carbocycles. The summed E-state index contributed by atoms with van der Waals surface area (Å²) in [7, 11) is 3.79. The van der Waals surface area contributed by atoms with Crippen LogP contribution in [-0.2, 0) is 4.79 Å². The van der Waals surface area contributed by atoms with Crippen LogP contribution in [0.5, 0.6) is 0 Å². The Balaban J connectivity index is 2.17. The molecule has 0 N–H and O–H groups in total. The van der Waals surface area contributed by atoms with Gasteiger partial charge in [-0.1, -0.05) is 41.4 Å². The van der Waals surface area contributed by atoms with Crippen LogP contribution in [0.3, 0.4) is 0 Å². The molecule has 0 fully saturated rings. The molecule has 112 valence electrons. The molecule has 2 aromatic rings. The number of fused-ring (bicyclic) bond motifs is 1. The number of anilines is 2. The molecular weight excluding hydrogens is 319 g/mol. The average Bonchev–Trinajstić information content (AvgIpc) is 2.75. The molecule has 3 rings (SSSR count). The Kier molecular flexibility index (Phi) is 3.85. The van der Waals surface area contributed by atoms with Gasteiger partial charge in [0.05, 0.1) is 27.0 Å². The Morgan fingerprint density at radius 2 is 1.77 bits per heavy atom. The van der Waals surface area contributed by atoms with Crippen molar-refractivity contribution < 1.29 is 4.79 Å². The normalized spacial score (nSPS) is 15.4. The van der Waals surface area contributed by atoms with Crippen LogP contribution in [0.25, 0.3) is 5.57 Å². The second-order valence-electron chi connectivity index (χ2n) is 5.26. The fourth-order valence-corrected chi connectivity index (χ4v) is 2.80. The van der Waals surface area contributed by atoms with Gasteiger partial charge in [-0.2, -0.15) is 0 Å². The molecule has 5 heteroatoms. The summed E-state index contributed by atoms with van der Waals surface area (Å²) < 4.78 is 0. The fourth-order valence-electron chi connectivity index (χ4n) is 2.50. The van der Waals surface area contributed by atoms with E-state index in [0.29, 0.717) is 21.3 Å². The quantitative estimate of drug-likeness (QED) is 0.752. The zero-order valence-corrected chi connectivity index (χ0v) is 13.7. The van der Waals surface area contributed by atoms with E-state index in [4.69, 9.17) is 23.2 Å². The van der Waals surface area contributed by atoms with E-state index < -0.39 is 0 Å². The molecule has 0 saturated heterocycles. The predicted molar refractivity (Wildman–Crippen MR) is 91.7 cm³/mol. The minimum Gasteiger partial charge on any atom is -0.383 e. The van der Waals surface area contributed by atoms with Crippen molar-refractivity contribution in [2.75, 3.05) is 19.0 Å². The number of rotatable bonds is 2. The number of hydrogen-bond acceptors (Lipinski definition) is 2. The molecule has 0 aliphatic carbocycles. The zero-order chi connectivity index (χ0) is 15.9. The van der Waals surface area contributed by atoms with E-state index in [1.165, 1.54) is 0 Å². The van der Waals surface area contributed by atoms with E-state index in [9.17, 15) is 4.79 Å². The molecule has 0 bridgehead atoms. The van der Waals surface area contributed by atoms with E-state index in [1.54, 1.807) is 23.1 Å². The number of halogens is 2. The Morgan fingerprint density at radius 3 is 2.45 bits per heavy atom. The molecule has 0 atom stereocenters. The van der Waals surface area contributed by atoms with Gasteiger partial charge < -0.3 is 4.90 Å². The van der Waals surface area contributed by atoms with Gasteiger partial charge in [-0.25, -0.2) is 0 Å². The van der Waals surface area contributed by atoms with Gasteiger partial charge in [-0.3, -0.25) is 9.69 Å². The summed E-state index contributed by atoms with van der Waals surface area (Å²) in [5.41, 5.74) is 3.12. The summed E-state index contributed by atoms with van der Waals surface area (Å²) in [5, 5.41) is 0.892. The summed E-state index contributed by atoms with van der Waals surface area (Å²) in [6.07, 6.45) is 1.83. The smallest absolute Gasteiger partial charge is 0.265 e. The maximum Gasteiger partial charge on any atom is 0.265 e. The fraction of sp³-hybridized carbons (Fsp3) is 0.118. The molecule has 1 aliphatic rings. The van der Waals surface area contributed by atoms with Crippen LogP contribution >= 0.6 is 23.2 Å². The first-order valence-corrected chi connectivity index (χ1v) is 7.52. The minimum atomic E-state index is -0.0757. The third-order valence-corrected chi connectivity index (χ3v) is 4.16. The second-order valence-corrected chi connectivity index (χ2v) is 6.08. The van der Waals surface area contributed by atoms with Crippen molar-refractivity contribution in [3.8, 4) is 0 Å². The van der Waals surface area contributed by atoms with Crippen LogP contribution in [0.4, 0.5) is 11.4 Å². The summed E-state index contributed by atoms with van der Waals surface area (Å²) in [5.74, 6) is -0.0757. The topological polar surface area (TPSA) is 23.6 Å². The number of hydrogen-bond donors (Lipinski definition) is 0. The molecule has 3 nitrogen and oxygen atoms in total. The van der Waals surface area contributed by atoms with Crippen LogP contribution < -0.4 is 4.90 Å². The van der Waals surface area contributed by atoms with Crippen molar-refractivity contribution in [3.63, 3.8) is 0 Å². The molecule has 0 radical (unpaired) electrons. The first-order chi connectivity index (χ1) is 10.5. The lowest BCUT2D eigenvalue weighted by atomic mass is 10.1. The van der Waals surface area contributed by atoms with Gasteiger partial charge in [0, 0.05) is 25.9 Å². The van der Waals surface area contributed by atoms with Crippen LogP contribution in [0.15, 0.2) is 48.7 Å². The first kappa shape index (κ1) is 14.9. The van der Waals surface area contributed by atoms with Gasteiger partial charge >= 0.3 is 0 Å². The van der Waals surface area contributed by atoms with Crippen molar-refractivity contribution in [1.29, 1.82) is 0 Å². The van der Waals surface area contributed by atoms with Crippen molar-refractivity contribution in [2.24, 2.45) is 0 Å². The summed E-state index contributed by atoms with van der Waals surface area (Å²) >= 11 is 12.1. The average molecular weight is 333 g/mol. The van der Waals surface area contributed by atoms with Crippen molar-refractivity contribution in [1.82, 2.24) is 4.90 Å². The monoisotopic (exact) mass is 332 g/mol. The van der Waals surface area contributed by atoms with Gasteiger partial charge in [0.25, 0.3) is 5.91 Å². The van der Waals surface area contributed by atoms with E-state index in [0.717, 1.165) is 11.3 Å². The van der Waals surface area contributed by atoms with E-state index in [2.05, 4.69) is 0 Å². The highest BCUT2D eigenvalue weighted by Crippen LogP contribution is 2.42. The van der Waals surface area contributed by atoms with E-state index in [1.807, 2.05) is 49.5 Å². The number of amides is 1. The predicted octanol–water partition coefficient (Wildman–Crippen LogP) is 4.57. The summed E-state index contributed by atoms with van der Waals surface area (Å²) in [6, 6.07) is 12.9. The lowest BCUT2D eigenvalue weighted by Crippen LogP contribution is -2.21. The number of nitrogens with zero attached hydrogens (tertiary/aromatic N) is 2. The molecule has 2 aromatic carbocycles. The Morgan fingerprint density at radius 1 is 1.05 bits per heavy atom. The standard InChI is InChI=1S/C17H14Cl2N2O/c1-20(2)10-13-12-5-3-4-6-16(12)21(17(13)22)11-7-8-14(18)15(19)9-11/h3-10H,1-2H3. The Bertz CT molecular complexity index is 784. The van der Waals surface area contributed by atoms with Crippen molar-refractivity contribution in [2.45, 2.75) is 0 Å². The highest BCUT2D eigenvalue weighted by molar-refractivity contribution is 6.42. The Labute approximate surface area is 139 Å². The maximum atomic E-state index is 12.8. The Hall–Kier alpha value is -1.97. The maximum absolute atomic E-state index is 12.8. The van der Waals surface area contributed by atoms with E-state index >= 15 is 0 Å². The van der Waals surface area contributed by atoms with Gasteiger partial charge in [0.15, 0.2) is 0 Å². The molecule has 0 spiro atoms. The second kappa shape index (κ2) is 5.67. The van der Waals surface area contributed by atoms with Gasteiger partial charge in [0.1, 0.15) is 0 Å². The van der Waals surface area contributed by atoms with Crippen molar-refractivity contribution >= 4 is 46.1 Å². The largest absolute Gasteiger partial charge is 0.383 e. The minimum absolute atomic E-state index is 0.0757. The highest BCUT2D eigenvalue weighted by atomic mass is 35.5. The summed E-state index contributed by atoms with van der Waals surface area (Å²) in [6.45, 7) is 0. The lowest BCUT2D eigenvalue weighted by Gasteiger charge is -2.17. The summed E-state index contributed by atoms with van der Waals surface area (Å²) in [4.78, 5) is 16.4. The molecule has 1 amide bonds. The van der Waals surface area contributed by atoms with Crippen LogP contribution in [-0.4, -0.2) is 24.9 Å². The molecule has 0 unspecified atom stereocenters. The number of para-hydroxylation sites is 1. The number of benzene rings is 2. The van der Waals surface area contributed by atoms with Gasteiger partial charge in [-0.05, 0) is 24.3 Å². The van der Waals surface area contributed by atoms with E-state index in [-0.39, 0.29) is 5.91 Å². The molecule has 0 aromatic heterocycles. The van der Waals surface area contributed by atoms with Crippen molar-refractivity contribution in [3.05, 3.63) is 64.3 Å².